The smallest absolute Gasteiger partial charge is 0.303 e. The first-order valence-corrected chi connectivity index (χ1v) is 2.35. The van der Waals surface area contributed by atoms with E-state index >= 15 is 0 Å². The predicted octanol–water partition coefficient (Wildman–Crippen LogP) is -0.621. The fraction of sp³-hybridized carbons (Fsp3) is 0.600. The number of hydrogen-bond acceptors (Lipinski definition) is 3. The van der Waals surface area contributed by atoms with Crippen LogP contribution in [0.4, 0.5) is 0 Å². The van der Waals surface area contributed by atoms with Crippen molar-refractivity contribution in [3.8, 4) is 0 Å². The van der Waals surface area contributed by atoms with Gasteiger partial charge in [0, 0.05) is 9.11 Å². The number of carbonyl (C=O) groups excluding carboxylic acids is 1. The summed E-state index contributed by atoms with van der Waals surface area (Å²) in [5.41, 5.74) is 4.85. The highest BCUT2D eigenvalue weighted by Gasteiger charge is 2.01. The highest BCUT2D eigenvalue weighted by molar-refractivity contribution is 5.83. The van der Waals surface area contributed by atoms with Crippen LogP contribution in [-0.2, 0) is 9.59 Å². The van der Waals surface area contributed by atoms with Gasteiger partial charge in [0.05, 0.1) is 13.0 Å². The summed E-state index contributed by atoms with van der Waals surface area (Å²) < 4.78 is 13.8. The molecule has 0 aliphatic heterocycles. The molecule has 0 spiro atoms. The molecule has 52 valence electrons. The normalized spacial score (nSPS) is 13.9. The third-order valence-electron chi connectivity index (χ3n) is 0.622. The lowest BCUT2D eigenvalue weighted by Crippen LogP contribution is -2.14. The molecule has 0 saturated heterocycles. The maximum absolute atomic E-state index is 10.6. The Labute approximate surface area is 55.5 Å². The molecule has 0 aromatic carbocycles. The zero-order chi connectivity index (χ0) is 9.07. The summed E-state index contributed by atoms with van der Waals surface area (Å²) >= 11 is 0. The van der Waals surface area contributed by atoms with Crippen molar-refractivity contribution in [2.75, 3.05) is 6.54 Å². The van der Waals surface area contributed by atoms with Crippen LogP contribution >= 0.6 is 0 Å². The lowest BCUT2D eigenvalue weighted by atomic mass is 10.2. The molecule has 0 radical (unpaired) electrons. The van der Waals surface area contributed by atoms with Gasteiger partial charge in [-0.05, 0) is 0 Å². The van der Waals surface area contributed by atoms with Crippen molar-refractivity contribution >= 4 is 11.8 Å². The minimum absolute atomic E-state index is 0.472. The zero-order valence-electron chi connectivity index (χ0n) is 6.76. The van der Waals surface area contributed by atoms with Gasteiger partial charge in [-0.25, -0.2) is 0 Å². The van der Waals surface area contributed by atoms with Gasteiger partial charge in [-0.15, -0.1) is 0 Å². The lowest BCUT2D eigenvalue weighted by Gasteiger charge is -1.90. The van der Waals surface area contributed by atoms with Crippen molar-refractivity contribution in [1.29, 1.82) is 0 Å². The molecule has 4 nitrogen and oxygen atoms in total. The number of Topliss-reactive ketones (excluding diaryl/α,β-unsaturated/α-hetero) is 1. The number of carboxylic acid groups (broad SMARTS) is 1. The lowest BCUT2D eigenvalue weighted by molar-refractivity contribution is -0.138. The molecule has 3 N–H and O–H groups in total. The van der Waals surface area contributed by atoms with Gasteiger partial charge in [0.25, 0.3) is 0 Å². The van der Waals surface area contributed by atoms with E-state index in [9.17, 15) is 9.59 Å². The predicted molar refractivity (Wildman–Crippen MR) is 30.9 cm³/mol. The average molecular weight is 133 g/mol. The van der Waals surface area contributed by atoms with Crippen molar-refractivity contribution in [3.63, 3.8) is 0 Å². The maximum atomic E-state index is 10.6. The average Bonchev–Trinajstić information content (AvgIpc) is 1.83. The van der Waals surface area contributed by atoms with E-state index in [2.05, 4.69) is 0 Å². The van der Waals surface area contributed by atoms with Gasteiger partial charge < -0.3 is 10.8 Å². The van der Waals surface area contributed by atoms with Crippen molar-refractivity contribution < 1.29 is 17.4 Å². The summed E-state index contributed by atoms with van der Waals surface area (Å²) in [7, 11) is 0. The molecule has 0 rings (SSSR count). The summed E-state index contributed by atoms with van der Waals surface area (Å²) in [4.78, 5) is 20.6. The highest BCUT2D eigenvalue weighted by Crippen LogP contribution is 1.87. The first-order chi connectivity index (χ1) is 4.90. The molecular weight excluding hydrogens is 122 g/mol. The molecular formula is C5H9NO3. The first kappa shape index (κ1) is 4.93. The Morgan fingerprint density at radius 3 is 2.56 bits per heavy atom. The maximum Gasteiger partial charge on any atom is 0.303 e. The fourth-order valence-corrected chi connectivity index (χ4v) is 0.246. The molecule has 4 heteroatoms. The summed E-state index contributed by atoms with van der Waals surface area (Å²) in [5.74, 6) is -2.24. The standard InChI is InChI=1S/C5H9NO3/c6-3-4(7)1-2-5(8)9/h1-3,6H2,(H,8,9)/i1D2. The number of rotatable bonds is 4. The van der Waals surface area contributed by atoms with E-state index in [1.807, 2.05) is 0 Å². The SMILES string of the molecule is [2H]C([2H])(CC(=O)O)C(=O)CN. The first-order valence-electron chi connectivity index (χ1n) is 3.35. The minimum Gasteiger partial charge on any atom is -0.481 e. The molecule has 0 unspecified atom stereocenters. The zero-order valence-corrected chi connectivity index (χ0v) is 4.76. The van der Waals surface area contributed by atoms with Crippen LogP contribution in [-0.4, -0.2) is 23.4 Å². The van der Waals surface area contributed by atoms with Crippen LogP contribution in [0.15, 0.2) is 0 Å². The van der Waals surface area contributed by atoms with Crippen LogP contribution in [0.3, 0.4) is 0 Å². The van der Waals surface area contributed by atoms with Gasteiger partial charge in [0.1, 0.15) is 5.78 Å². The van der Waals surface area contributed by atoms with E-state index in [4.69, 9.17) is 13.6 Å². The van der Waals surface area contributed by atoms with Gasteiger partial charge in [-0.2, -0.15) is 0 Å². The van der Waals surface area contributed by atoms with E-state index < -0.39 is 31.1 Å². The summed E-state index contributed by atoms with van der Waals surface area (Å²) in [6.45, 7) is -0.472. The Morgan fingerprint density at radius 1 is 1.67 bits per heavy atom. The molecule has 0 aromatic rings. The van der Waals surface area contributed by atoms with Gasteiger partial charge in [-0.1, -0.05) is 0 Å². The third kappa shape index (κ3) is 4.96. The van der Waals surface area contributed by atoms with Crippen LogP contribution in [0.2, 0.25) is 0 Å². The molecule has 0 heterocycles. The molecule has 0 aliphatic rings. The van der Waals surface area contributed by atoms with E-state index in [1.54, 1.807) is 0 Å². The molecule has 0 aliphatic carbocycles. The number of ketones is 1. The van der Waals surface area contributed by atoms with Crippen molar-refractivity contribution in [3.05, 3.63) is 0 Å². The van der Waals surface area contributed by atoms with Crippen LogP contribution in [0.25, 0.3) is 0 Å². The van der Waals surface area contributed by atoms with Crippen molar-refractivity contribution in [1.82, 2.24) is 0 Å². The Bertz CT molecular complexity index is 181. The molecule has 9 heavy (non-hydrogen) atoms. The third-order valence-corrected chi connectivity index (χ3v) is 0.622. The molecule has 0 saturated carbocycles. The minimum atomic E-state index is -2.33. The number of carboxylic acids is 1. The van der Waals surface area contributed by atoms with Crippen molar-refractivity contribution in [2.24, 2.45) is 5.73 Å². The van der Waals surface area contributed by atoms with E-state index in [0.29, 0.717) is 0 Å². The summed E-state index contributed by atoms with van der Waals surface area (Å²) in [6, 6.07) is 0. The van der Waals surface area contributed by atoms with Crippen LogP contribution in [0.5, 0.6) is 0 Å². The van der Waals surface area contributed by atoms with Gasteiger partial charge in [-0.3, -0.25) is 9.59 Å². The Morgan fingerprint density at radius 2 is 2.22 bits per heavy atom. The quantitative estimate of drug-likeness (QED) is 0.535. The summed E-state index contributed by atoms with van der Waals surface area (Å²) in [5, 5.41) is 8.16. The topological polar surface area (TPSA) is 80.4 Å². The second-order valence-electron chi connectivity index (χ2n) is 1.37. The van der Waals surface area contributed by atoms with Gasteiger partial charge >= 0.3 is 5.97 Å². The number of carbonyl (C=O) groups is 2. The van der Waals surface area contributed by atoms with E-state index in [1.165, 1.54) is 0 Å². The Balaban J connectivity index is 4.21. The van der Waals surface area contributed by atoms with Gasteiger partial charge in [0.15, 0.2) is 0 Å². The fourth-order valence-electron chi connectivity index (χ4n) is 0.246. The van der Waals surface area contributed by atoms with Gasteiger partial charge in [0.2, 0.25) is 0 Å². The van der Waals surface area contributed by atoms with Crippen LogP contribution in [0.1, 0.15) is 15.5 Å². The van der Waals surface area contributed by atoms with E-state index in [0.717, 1.165) is 0 Å². The summed E-state index contributed by atoms with van der Waals surface area (Å²) in [6.07, 6.45) is -3.16. The second-order valence-corrected chi connectivity index (χ2v) is 1.37. The molecule has 0 aromatic heterocycles. The molecule has 0 bridgehead atoms. The second kappa shape index (κ2) is 4.03. The molecule has 0 fully saturated rings. The largest absolute Gasteiger partial charge is 0.481 e. The highest BCUT2D eigenvalue weighted by atomic mass is 16.4. The Hall–Kier alpha value is -0.900. The Kier molecular flexibility index (Phi) is 2.21. The van der Waals surface area contributed by atoms with Crippen LogP contribution < -0.4 is 5.73 Å². The number of hydrogen-bond donors (Lipinski definition) is 2. The van der Waals surface area contributed by atoms with Crippen molar-refractivity contribution in [2.45, 2.75) is 12.8 Å². The molecule has 0 amide bonds. The number of nitrogens with two attached hydrogens (primary N) is 1. The monoisotopic (exact) mass is 133 g/mol. The molecule has 0 atom stereocenters. The van der Waals surface area contributed by atoms with Crippen LogP contribution in [0, 0.1) is 0 Å². The number of aliphatic carboxylic acids is 1. The van der Waals surface area contributed by atoms with E-state index in [-0.39, 0.29) is 0 Å².